The quantitative estimate of drug-likeness (QED) is 0.719. The van der Waals surface area contributed by atoms with Gasteiger partial charge in [0, 0.05) is 36.6 Å². The molecule has 4 heteroatoms. The molecular formula is C12H20N2O2. The molecule has 1 rings (SSSR count). The van der Waals surface area contributed by atoms with Crippen LogP contribution in [0.5, 0.6) is 5.75 Å². The van der Waals surface area contributed by atoms with Gasteiger partial charge in [0.2, 0.25) is 0 Å². The van der Waals surface area contributed by atoms with Gasteiger partial charge in [0.05, 0.1) is 13.7 Å². The zero-order chi connectivity index (χ0) is 12.0. The molecule has 0 heterocycles. The molecule has 0 aromatic heterocycles. The van der Waals surface area contributed by atoms with Crippen molar-refractivity contribution in [2.45, 2.75) is 13.3 Å². The molecule has 0 fully saturated rings. The summed E-state index contributed by atoms with van der Waals surface area (Å²) >= 11 is 0. The van der Waals surface area contributed by atoms with E-state index >= 15 is 0 Å². The summed E-state index contributed by atoms with van der Waals surface area (Å²) in [6, 6.07) is 5.61. The number of benzene rings is 1. The molecular weight excluding hydrogens is 204 g/mol. The lowest BCUT2D eigenvalue weighted by atomic mass is 10.2. The Bertz CT molecular complexity index is 323. The Hall–Kier alpha value is -1.42. The standard InChI is InChI=1S/C12H20N2O2/c1-3-4-14(5-6-15)11-7-10(13)8-12(9-11)16-2/h7-9,15H,3-6,13H2,1-2H3. The molecule has 90 valence electrons. The molecule has 1 aromatic rings. The van der Waals surface area contributed by atoms with Gasteiger partial charge in [-0.1, -0.05) is 6.92 Å². The van der Waals surface area contributed by atoms with Crippen molar-refractivity contribution in [1.29, 1.82) is 0 Å². The molecule has 0 aliphatic heterocycles. The molecule has 4 nitrogen and oxygen atoms in total. The summed E-state index contributed by atoms with van der Waals surface area (Å²) in [5, 5.41) is 9.02. The Labute approximate surface area is 96.6 Å². The van der Waals surface area contributed by atoms with E-state index in [0.717, 1.165) is 24.4 Å². The number of methoxy groups -OCH3 is 1. The van der Waals surface area contributed by atoms with E-state index in [2.05, 4.69) is 11.8 Å². The average Bonchev–Trinajstić information content (AvgIpc) is 2.28. The van der Waals surface area contributed by atoms with Crippen LogP contribution in [-0.2, 0) is 0 Å². The van der Waals surface area contributed by atoms with Gasteiger partial charge in [0.15, 0.2) is 0 Å². The number of aliphatic hydroxyl groups excluding tert-OH is 1. The van der Waals surface area contributed by atoms with Crippen molar-refractivity contribution in [1.82, 2.24) is 0 Å². The highest BCUT2D eigenvalue weighted by Gasteiger charge is 2.07. The lowest BCUT2D eigenvalue weighted by molar-refractivity contribution is 0.301. The van der Waals surface area contributed by atoms with Crippen LogP contribution < -0.4 is 15.4 Å². The summed E-state index contributed by atoms with van der Waals surface area (Å²) in [5.41, 5.74) is 7.46. The van der Waals surface area contributed by atoms with Crippen LogP contribution in [0.4, 0.5) is 11.4 Å². The molecule has 3 N–H and O–H groups in total. The van der Waals surface area contributed by atoms with Gasteiger partial charge in [-0.15, -0.1) is 0 Å². The maximum Gasteiger partial charge on any atom is 0.122 e. The molecule has 0 radical (unpaired) electrons. The lowest BCUT2D eigenvalue weighted by Crippen LogP contribution is -2.27. The molecule has 0 atom stereocenters. The lowest BCUT2D eigenvalue weighted by Gasteiger charge is -2.24. The van der Waals surface area contributed by atoms with Crippen LogP contribution in [0.3, 0.4) is 0 Å². The number of anilines is 2. The summed E-state index contributed by atoms with van der Waals surface area (Å²) < 4.78 is 5.17. The molecule has 0 aliphatic rings. The molecule has 0 unspecified atom stereocenters. The summed E-state index contributed by atoms with van der Waals surface area (Å²) in [5.74, 6) is 0.744. The normalized spacial score (nSPS) is 10.2. The molecule has 0 spiro atoms. The topological polar surface area (TPSA) is 58.7 Å². The first-order valence-corrected chi connectivity index (χ1v) is 5.51. The Kier molecular flexibility index (Phi) is 4.92. The predicted octanol–water partition coefficient (Wildman–Crippen LogP) is 1.49. The number of hydrogen-bond acceptors (Lipinski definition) is 4. The molecule has 1 aromatic carbocycles. The second-order valence-corrected chi connectivity index (χ2v) is 3.68. The second kappa shape index (κ2) is 6.23. The average molecular weight is 224 g/mol. The highest BCUT2D eigenvalue weighted by atomic mass is 16.5. The monoisotopic (exact) mass is 224 g/mol. The first kappa shape index (κ1) is 12.6. The third-order valence-electron chi connectivity index (χ3n) is 2.38. The molecule has 0 bridgehead atoms. The van der Waals surface area contributed by atoms with Gasteiger partial charge in [0.25, 0.3) is 0 Å². The van der Waals surface area contributed by atoms with Crippen LogP contribution in [0.2, 0.25) is 0 Å². The van der Waals surface area contributed by atoms with Crippen LogP contribution in [0, 0.1) is 0 Å². The van der Waals surface area contributed by atoms with E-state index < -0.39 is 0 Å². The van der Waals surface area contributed by atoms with Gasteiger partial charge in [0.1, 0.15) is 5.75 Å². The molecule has 0 amide bonds. The fraction of sp³-hybridized carbons (Fsp3) is 0.500. The van der Waals surface area contributed by atoms with Gasteiger partial charge in [-0.05, 0) is 12.5 Å². The minimum Gasteiger partial charge on any atom is -0.497 e. The predicted molar refractivity (Wildman–Crippen MR) is 67.0 cm³/mol. The molecule has 0 saturated heterocycles. The number of ether oxygens (including phenoxy) is 1. The third kappa shape index (κ3) is 3.31. The fourth-order valence-corrected chi connectivity index (χ4v) is 1.67. The SMILES string of the molecule is CCCN(CCO)c1cc(N)cc(OC)c1. The Morgan fingerprint density at radius 1 is 1.31 bits per heavy atom. The van der Waals surface area contributed by atoms with E-state index in [4.69, 9.17) is 15.6 Å². The van der Waals surface area contributed by atoms with Crippen LogP contribution in [0.1, 0.15) is 13.3 Å². The second-order valence-electron chi connectivity index (χ2n) is 3.68. The Balaban J connectivity index is 2.93. The van der Waals surface area contributed by atoms with E-state index in [0.29, 0.717) is 12.2 Å². The van der Waals surface area contributed by atoms with E-state index in [-0.39, 0.29) is 6.61 Å². The number of hydrogen-bond donors (Lipinski definition) is 2. The molecule has 0 saturated carbocycles. The zero-order valence-corrected chi connectivity index (χ0v) is 9.94. The summed E-state index contributed by atoms with van der Waals surface area (Å²) in [4.78, 5) is 2.10. The third-order valence-corrected chi connectivity index (χ3v) is 2.38. The largest absolute Gasteiger partial charge is 0.497 e. The Morgan fingerprint density at radius 3 is 2.62 bits per heavy atom. The smallest absolute Gasteiger partial charge is 0.122 e. The van der Waals surface area contributed by atoms with Crippen LogP contribution in [-0.4, -0.2) is 31.9 Å². The highest BCUT2D eigenvalue weighted by Crippen LogP contribution is 2.25. The van der Waals surface area contributed by atoms with Crippen molar-refractivity contribution in [3.63, 3.8) is 0 Å². The van der Waals surface area contributed by atoms with Gasteiger partial charge < -0.3 is 20.5 Å². The fourth-order valence-electron chi connectivity index (χ4n) is 1.67. The number of aliphatic hydroxyl groups is 1. The van der Waals surface area contributed by atoms with Gasteiger partial charge >= 0.3 is 0 Å². The minimum absolute atomic E-state index is 0.136. The first-order valence-electron chi connectivity index (χ1n) is 5.51. The number of nitrogen functional groups attached to an aromatic ring is 1. The van der Waals surface area contributed by atoms with Crippen molar-refractivity contribution >= 4 is 11.4 Å². The van der Waals surface area contributed by atoms with Crippen molar-refractivity contribution in [3.8, 4) is 5.75 Å². The maximum absolute atomic E-state index is 9.02. The summed E-state index contributed by atoms with van der Waals surface area (Å²) in [7, 11) is 1.62. The summed E-state index contributed by atoms with van der Waals surface area (Å²) in [6.45, 7) is 3.75. The van der Waals surface area contributed by atoms with Crippen molar-refractivity contribution in [3.05, 3.63) is 18.2 Å². The van der Waals surface area contributed by atoms with E-state index in [9.17, 15) is 0 Å². The zero-order valence-electron chi connectivity index (χ0n) is 9.94. The summed E-state index contributed by atoms with van der Waals surface area (Å²) in [6.07, 6.45) is 1.02. The number of nitrogens with two attached hydrogens (primary N) is 1. The van der Waals surface area contributed by atoms with Gasteiger partial charge in [-0.2, -0.15) is 0 Å². The molecule has 16 heavy (non-hydrogen) atoms. The first-order chi connectivity index (χ1) is 7.71. The van der Waals surface area contributed by atoms with Crippen molar-refractivity contribution in [2.75, 3.05) is 37.4 Å². The Morgan fingerprint density at radius 2 is 2.06 bits per heavy atom. The maximum atomic E-state index is 9.02. The van der Waals surface area contributed by atoms with E-state index in [1.54, 1.807) is 13.2 Å². The van der Waals surface area contributed by atoms with Crippen molar-refractivity contribution < 1.29 is 9.84 Å². The number of rotatable bonds is 6. The van der Waals surface area contributed by atoms with Gasteiger partial charge in [-0.25, -0.2) is 0 Å². The number of nitrogens with zero attached hydrogens (tertiary/aromatic N) is 1. The minimum atomic E-state index is 0.136. The van der Waals surface area contributed by atoms with Crippen LogP contribution >= 0.6 is 0 Å². The van der Waals surface area contributed by atoms with Crippen LogP contribution in [0.15, 0.2) is 18.2 Å². The van der Waals surface area contributed by atoms with Gasteiger partial charge in [-0.3, -0.25) is 0 Å². The van der Waals surface area contributed by atoms with Crippen molar-refractivity contribution in [2.24, 2.45) is 0 Å². The highest BCUT2D eigenvalue weighted by molar-refractivity contribution is 5.60. The molecule has 0 aliphatic carbocycles. The van der Waals surface area contributed by atoms with Crippen LogP contribution in [0.25, 0.3) is 0 Å². The van der Waals surface area contributed by atoms with E-state index in [1.165, 1.54) is 0 Å². The van der Waals surface area contributed by atoms with E-state index in [1.807, 2.05) is 12.1 Å².